The van der Waals surface area contributed by atoms with Gasteiger partial charge in [0, 0.05) is 5.56 Å². The zero-order chi connectivity index (χ0) is 15.3. The van der Waals surface area contributed by atoms with E-state index in [-0.39, 0.29) is 17.1 Å². The van der Waals surface area contributed by atoms with E-state index in [1.807, 2.05) is 13.8 Å². The number of aryl methyl sites for hydroxylation is 1. The van der Waals surface area contributed by atoms with Crippen molar-refractivity contribution in [3.63, 3.8) is 0 Å². The van der Waals surface area contributed by atoms with Crippen LogP contribution in [0.1, 0.15) is 37.8 Å². The lowest BCUT2D eigenvalue weighted by Gasteiger charge is -2.15. The summed E-state index contributed by atoms with van der Waals surface area (Å²) in [5.74, 6) is -2.59. The van der Waals surface area contributed by atoms with E-state index >= 15 is 0 Å². The molecule has 0 spiro atoms. The van der Waals surface area contributed by atoms with Gasteiger partial charge in [-0.05, 0) is 24.5 Å². The first-order chi connectivity index (χ1) is 9.31. The van der Waals surface area contributed by atoms with Crippen LogP contribution in [0.3, 0.4) is 0 Å². The lowest BCUT2D eigenvalue weighted by Crippen LogP contribution is -2.28. The number of phenolic OH excluding ortho intramolecular Hbond substituents is 1. The van der Waals surface area contributed by atoms with Gasteiger partial charge in [-0.15, -0.1) is 0 Å². The van der Waals surface area contributed by atoms with Gasteiger partial charge in [0.1, 0.15) is 11.5 Å². The fraction of sp³-hybridized carbons (Fsp3) is 0.500. The van der Waals surface area contributed by atoms with E-state index < -0.39 is 12.1 Å². The Hall–Kier alpha value is -1.72. The normalized spacial score (nSPS) is 11.4. The van der Waals surface area contributed by atoms with Gasteiger partial charge in [-0.25, -0.2) is 4.79 Å². The van der Waals surface area contributed by atoms with Crippen LogP contribution < -0.4 is 4.74 Å². The number of aromatic hydroxyl groups is 1. The van der Waals surface area contributed by atoms with Crippen LogP contribution in [0.15, 0.2) is 12.1 Å². The van der Waals surface area contributed by atoms with Crippen molar-refractivity contribution in [3.05, 3.63) is 23.3 Å². The molecule has 0 saturated heterocycles. The molecular weight excluding hydrogens is 273 g/mol. The fourth-order valence-electron chi connectivity index (χ4n) is 1.88. The van der Waals surface area contributed by atoms with E-state index in [4.69, 9.17) is 0 Å². The summed E-state index contributed by atoms with van der Waals surface area (Å²) in [6.07, 6.45) is -2.71. The van der Waals surface area contributed by atoms with E-state index in [2.05, 4.69) is 4.74 Å². The molecule has 0 aliphatic rings. The van der Waals surface area contributed by atoms with Gasteiger partial charge in [0.15, 0.2) is 0 Å². The second kappa shape index (κ2) is 6.63. The van der Waals surface area contributed by atoms with Crippen LogP contribution in [0, 0.1) is 0 Å². The SMILES string of the molecule is CCCc1ccc(OC(=O)C(F)(F)F)c(CCC)c1O. The van der Waals surface area contributed by atoms with Crippen LogP contribution in [0.2, 0.25) is 0 Å². The fourth-order valence-corrected chi connectivity index (χ4v) is 1.88. The first kappa shape index (κ1) is 16.3. The quantitative estimate of drug-likeness (QED) is 0.663. The summed E-state index contributed by atoms with van der Waals surface area (Å²) in [7, 11) is 0. The molecule has 0 atom stereocenters. The van der Waals surface area contributed by atoms with Gasteiger partial charge in [0.05, 0.1) is 0 Å². The van der Waals surface area contributed by atoms with E-state index in [1.165, 1.54) is 12.1 Å². The Morgan fingerprint density at radius 2 is 1.80 bits per heavy atom. The Labute approximate surface area is 115 Å². The van der Waals surface area contributed by atoms with E-state index in [0.717, 1.165) is 6.42 Å². The van der Waals surface area contributed by atoms with Crippen molar-refractivity contribution in [3.8, 4) is 11.5 Å². The molecule has 6 heteroatoms. The predicted molar refractivity (Wildman–Crippen MR) is 67.8 cm³/mol. The molecule has 1 N–H and O–H groups in total. The number of carbonyl (C=O) groups excluding carboxylic acids is 1. The number of ether oxygens (including phenoxy) is 1. The van der Waals surface area contributed by atoms with E-state index in [0.29, 0.717) is 24.8 Å². The van der Waals surface area contributed by atoms with Crippen LogP contribution in [0.25, 0.3) is 0 Å². The number of benzene rings is 1. The maximum absolute atomic E-state index is 12.2. The van der Waals surface area contributed by atoms with Crippen molar-refractivity contribution < 1.29 is 27.8 Å². The Balaban J connectivity index is 3.13. The molecule has 0 fully saturated rings. The van der Waals surface area contributed by atoms with Gasteiger partial charge < -0.3 is 9.84 Å². The van der Waals surface area contributed by atoms with Gasteiger partial charge in [-0.2, -0.15) is 13.2 Å². The largest absolute Gasteiger partial charge is 0.507 e. The summed E-state index contributed by atoms with van der Waals surface area (Å²) in [5, 5.41) is 10.1. The number of esters is 1. The molecule has 0 unspecified atom stereocenters. The molecule has 112 valence electrons. The first-order valence-electron chi connectivity index (χ1n) is 6.43. The molecule has 0 amide bonds. The monoisotopic (exact) mass is 290 g/mol. The Morgan fingerprint density at radius 3 is 2.30 bits per heavy atom. The summed E-state index contributed by atoms with van der Waals surface area (Å²) >= 11 is 0. The van der Waals surface area contributed by atoms with Crippen LogP contribution in [-0.2, 0) is 17.6 Å². The average Bonchev–Trinajstić information content (AvgIpc) is 2.36. The smallest absolute Gasteiger partial charge is 0.491 e. The Bertz CT molecular complexity index is 481. The zero-order valence-corrected chi connectivity index (χ0v) is 11.4. The molecule has 0 aromatic heterocycles. The third kappa shape index (κ3) is 3.88. The number of phenols is 1. The van der Waals surface area contributed by atoms with Crippen LogP contribution in [-0.4, -0.2) is 17.3 Å². The zero-order valence-electron chi connectivity index (χ0n) is 11.4. The number of carbonyl (C=O) groups is 1. The molecule has 0 heterocycles. The van der Waals surface area contributed by atoms with Crippen LogP contribution >= 0.6 is 0 Å². The molecule has 20 heavy (non-hydrogen) atoms. The van der Waals surface area contributed by atoms with Crippen molar-refractivity contribution in [1.82, 2.24) is 0 Å². The molecule has 0 saturated carbocycles. The Morgan fingerprint density at radius 1 is 1.20 bits per heavy atom. The average molecular weight is 290 g/mol. The lowest BCUT2D eigenvalue weighted by atomic mass is 10.0. The highest BCUT2D eigenvalue weighted by Crippen LogP contribution is 2.34. The minimum absolute atomic E-state index is 0.0822. The van der Waals surface area contributed by atoms with Gasteiger partial charge >= 0.3 is 12.1 Å². The summed E-state index contributed by atoms with van der Waals surface area (Å²) < 4.78 is 41.0. The molecule has 1 aromatic rings. The third-order valence-electron chi connectivity index (χ3n) is 2.78. The van der Waals surface area contributed by atoms with Crippen LogP contribution in [0.4, 0.5) is 13.2 Å². The third-order valence-corrected chi connectivity index (χ3v) is 2.78. The van der Waals surface area contributed by atoms with Gasteiger partial charge in [-0.3, -0.25) is 0 Å². The van der Waals surface area contributed by atoms with Crippen molar-refractivity contribution in [1.29, 1.82) is 0 Å². The number of halogens is 3. The number of hydrogen-bond acceptors (Lipinski definition) is 3. The van der Waals surface area contributed by atoms with E-state index in [9.17, 15) is 23.1 Å². The van der Waals surface area contributed by atoms with Crippen molar-refractivity contribution in [2.75, 3.05) is 0 Å². The van der Waals surface area contributed by atoms with E-state index in [1.54, 1.807) is 0 Å². The summed E-state index contributed by atoms with van der Waals surface area (Å²) in [4.78, 5) is 10.9. The summed E-state index contributed by atoms with van der Waals surface area (Å²) in [6.45, 7) is 3.75. The highest BCUT2D eigenvalue weighted by molar-refractivity contribution is 5.78. The topological polar surface area (TPSA) is 46.5 Å². The highest BCUT2D eigenvalue weighted by Gasteiger charge is 2.41. The minimum Gasteiger partial charge on any atom is -0.507 e. The number of hydrogen-bond donors (Lipinski definition) is 1. The standard InChI is InChI=1S/C14H17F3O3/c1-3-5-9-7-8-11(10(6-4-2)12(9)18)20-13(19)14(15,16)17/h7-8,18H,3-6H2,1-2H3. The van der Waals surface area contributed by atoms with Gasteiger partial charge in [0.2, 0.25) is 0 Å². The molecule has 0 aliphatic heterocycles. The number of rotatable bonds is 5. The predicted octanol–water partition coefficient (Wildman–Crippen LogP) is 3.76. The Kier molecular flexibility index (Phi) is 5.42. The second-order valence-corrected chi connectivity index (χ2v) is 4.44. The second-order valence-electron chi connectivity index (χ2n) is 4.44. The molecule has 0 aliphatic carbocycles. The maximum Gasteiger partial charge on any atom is 0.491 e. The minimum atomic E-state index is -5.05. The van der Waals surface area contributed by atoms with Crippen molar-refractivity contribution in [2.24, 2.45) is 0 Å². The van der Waals surface area contributed by atoms with Crippen LogP contribution in [0.5, 0.6) is 11.5 Å². The lowest BCUT2D eigenvalue weighted by molar-refractivity contribution is -0.189. The number of alkyl halides is 3. The molecule has 0 bridgehead atoms. The van der Waals surface area contributed by atoms with Gasteiger partial charge in [0.25, 0.3) is 0 Å². The molecule has 0 radical (unpaired) electrons. The summed E-state index contributed by atoms with van der Waals surface area (Å²) in [5.41, 5.74) is 0.888. The maximum atomic E-state index is 12.2. The molecular formula is C14H17F3O3. The van der Waals surface area contributed by atoms with Gasteiger partial charge in [-0.1, -0.05) is 32.8 Å². The summed E-state index contributed by atoms with van der Waals surface area (Å²) in [6, 6.07) is 2.79. The first-order valence-corrected chi connectivity index (χ1v) is 6.43. The van der Waals surface area contributed by atoms with Crippen molar-refractivity contribution >= 4 is 5.97 Å². The molecule has 1 rings (SSSR count). The molecule has 1 aromatic carbocycles. The molecule has 3 nitrogen and oxygen atoms in total. The van der Waals surface area contributed by atoms with Crippen molar-refractivity contribution in [2.45, 2.75) is 45.7 Å². The highest BCUT2D eigenvalue weighted by atomic mass is 19.4.